The summed E-state index contributed by atoms with van der Waals surface area (Å²) < 4.78 is 0. The highest BCUT2D eigenvalue weighted by Gasteiger charge is 2.53. The van der Waals surface area contributed by atoms with Gasteiger partial charge >= 0.3 is 0 Å². The second kappa shape index (κ2) is 9.90. The highest BCUT2D eigenvalue weighted by atomic mass is 14.9. The molecule has 0 radical (unpaired) electrons. The smallest absolute Gasteiger partial charge is 0.160 e. The number of fused-ring (bicyclic) bond motifs is 12. The Kier molecular flexibility index (Phi) is 5.49. The van der Waals surface area contributed by atoms with E-state index in [1.165, 1.54) is 44.3 Å². The van der Waals surface area contributed by atoms with Gasteiger partial charge in [-0.1, -0.05) is 146 Å². The summed E-state index contributed by atoms with van der Waals surface area (Å²) in [6.45, 7) is 0. The fraction of sp³-hybridized carbons (Fsp3) is 0.0227. The Balaban J connectivity index is 1.25. The van der Waals surface area contributed by atoms with Gasteiger partial charge in [-0.15, -0.1) is 0 Å². The summed E-state index contributed by atoms with van der Waals surface area (Å²) >= 11 is 0. The fourth-order valence-corrected chi connectivity index (χ4v) is 7.97. The van der Waals surface area contributed by atoms with Gasteiger partial charge in [0.25, 0.3) is 0 Å². The second-order valence-corrected chi connectivity index (χ2v) is 12.4. The first kappa shape index (κ1) is 26.1. The number of nitrogens with zero attached hydrogens (tertiary/aromatic N) is 3. The van der Waals surface area contributed by atoms with Gasteiger partial charge < -0.3 is 0 Å². The van der Waals surface area contributed by atoms with Crippen molar-refractivity contribution < 1.29 is 0 Å². The molecule has 0 saturated heterocycles. The maximum atomic E-state index is 5.16. The number of rotatable bonds is 3. The zero-order valence-electron chi connectivity index (χ0n) is 25.4. The van der Waals surface area contributed by atoms with E-state index < -0.39 is 5.41 Å². The molecule has 10 rings (SSSR count). The van der Waals surface area contributed by atoms with Crippen LogP contribution in [0.3, 0.4) is 0 Å². The lowest BCUT2D eigenvalue weighted by molar-refractivity contribution is 0.799. The molecule has 0 N–H and O–H groups in total. The van der Waals surface area contributed by atoms with E-state index in [1.807, 2.05) is 18.3 Å². The average Bonchev–Trinajstić information content (AvgIpc) is 3.62. The van der Waals surface area contributed by atoms with E-state index in [1.54, 1.807) is 0 Å². The van der Waals surface area contributed by atoms with Gasteiger partial charge in [0.1, 0.15) is 0 Å². The maximum Gasteiger partial charge on any atom is 0.160 e. The molecule has 8 aromatic rings. The molecule has 218 valence electrons. The Labute approximate surface area is 272 Å². The van der Waals surface area contributed by atoms with Crippen LogP contribution in [0.5, 0.6) is 0 Å². The summed E-state index contributed by atoms with van der Waals surface area (Å²) in [5.74, 6) is 0.714. The number of pyridine rings is 1. The van der Waals surface area contributed by atoms with Gasteiger partial charge in [0, 0.05) is 39.4 Å². The van der Waals surface area contributed by atoms with E-state index in [9.17, 15) is 0 Å². The molecule has 1 atom stereocenters. The van der Waals surface area contributed by atoms with Crippen LogP contribution in [0.4, 0.5) is 0 Å². The van der Waals surface area contributed by atoms with E-state index in [2.05, 4.69) is 146 Å². The van der Waals surface area contributed by atoms with Gasteiger partial charge in [0.05, 0.1) is 22.5 Å². The Bertz CT molecular complexity index is 2460. The number of benzene rings is 6. The van der Waals surface area contributed by atoms with E-state index in [-0.39, 0.29) is 0 Å². The molecule has 2 aliphatic carbocycles. The van der Waals surface area contributed by atoms with Crippen LogP contribution in [0.2, 0.25) is 0 Å². The van der Waals surface area contributed by atoms with Crippen LogP contribution < -0.4 is 0 Å². The molecule has 1 unspecified atom stereocenters. The molecule has 2 aromatic heterocycles. The molecule has 2 aliphatic rings. The first-order valence-electron chi connectivity index (χ1n) is 16.0. The topological polar surface area (TPSA) is 38.7 Å². The molecule has 47 heavy (non-hydrogen) atoms. The van der Waals surface area contributed by atoms with Gasteiger partial charge in [-0.25, -0.2) is 9.97 Å². The second-order valence-electron chi connectivity index (χ2n) is 12.4. The first-order valence-corrected chi connectivity index (χ1v) is 16.0. The lowest BCUT2D eigenvalue weighted by Gasteiger charge is -2.31. The maximum absolute atomic E-state index is 5.16. The van der Waals surface area contributed by atoms with Gasteiger partial charge in [0.2, 0.25) is 0 Å². The molecule has 3 heteroatoms. The quantitative estimate of drug-likeness (QED) is 0.203. The van der Waals surface area contributed by atoms with E-state index in [0.717, 1.165) is 39.2 Å². The molecule has 0 fully saturated rings. The van der Waals surface area contributed by atoms with Gasteiger partial charge in [0.15, 0.2) is 5.82 Å². The minimum atomic E-state index is -0.480. The van der Waals surface area contributed by atoms with Crippen LogP contribution in [-0.4, -0.2) is 15.0 Å². The van der Waals surface area contributed by atoms with E-state index in [0.29, 0.717) is 5.82 Å². The molecule has 0 aliphatic heterocycles. The van der Waals surface area contributed by atoms with Crippen molar-refractivity contribution in [3.05, 3.63) is 186 Å². The van der Waals surface area contributed by atoms with Crippen molar-refractivity contribution in [2.24, 2.45) is 0 Å². The third-order valence-corrected chi connectivity index (χ3v) is 9.93. The highest BCUT2D eigenvalue weighted by molar-refractivity contribution is 6.02. The van der Waals surface area contributed by atoms with Crippen LogP contribution in [0.1, 0.15) is 22.3 Å². The minimum absolute atomic E-state index is 0.480. The van der Waals surface area contributed by atoms with Crippen molar-refractivity contribution in [3.8, 4) is 56.3 Å². The summed E-state index contributed by atoms with van der Waals surface area (Å²) in [6.07, 6.45) is 2.02. The predicted molar refractivity (Wildman–Crippen MR) is 190 cm³/mol. The van der Waals surface area contributed by atoms with Crippen LogP contribution >= 0.6 is 0 Å². The van der Waals surface area contributed by atoms with E-state index in [4.69, 9.17) is 15.0 Å². The summed E-state index contributed by atoms with van der Waals surface area (Å²) in [5, 5.41) is 2.40. The van der Waals surface area contributed by atoms with Gasteiger partial charge in [-0.05, 0) is 45.3 Å². The third-order valence-electron chi connectivity index (χ3n) is 9.93. The van der Waals surface area contributed by atoms with Crippen molar-refractivity contribution in [1.29, 1.82) is 0 Å². The standard InChI is InChI=1S/C44H27N3/c1-3-13-28(14-4-1)39-26-40(29-15-5-2-6-16-29)47-43(46-39)30-23-24-38-35(25-30)33-19-9-11-21-36(33)44(38)37-22-12-10-20-34(37)42-41(44)32-18-8-7-17-31(32)27-45-42/h1-27H. The van der Waals surface area contributed by atoms with E-state index >= 15 is 0 Å². The number of aromatic nitrogens is 3. The number of hydrogen-bond donors (Lipinski definition) is 0. The predicted octanol–water partition coefficient (Wildman–Crippen LogP) is 10.4. The van der Waals surface area contributed by atoms with Crippen LogP contribution in [0, 0.1) is 0 Å². The van der Waals surface area contributed by atoms with Crippen molar-refractivity contribution in [2.45, 2.75) is 5.41 Å². The summed E-state index contributed by atoms with van der Waals surface area (Å²) in [6, 6.07) is 56.1. The Morgan fingerprint density at radius 3 is 1.72 bits per heavy atom. The minimum Gasteiger partial charge on any atom is -0.255 e. The van der Waals surface area contributed by atoms with Crippen LogP contribution in [-0.2, 0) is 5.41 Å². The lowest BCUT2D eigenvalue weighted by Crippen LogP contribution is -2.26. The zero-order chi connectivity index (χ0) is 31.0. The Morgan fingerprint density at radius 1 is 0.426 bits per heavy atom. The molecule has 0 bridgehead atoms. The van der Waals surface area contributed by atoms with Gasteiger partial charge in [-0.3, -0.25) is 4.98 Å². The summed E-state index contributed by atoms with van der Waals surface area (Å²) in [7, 11) is 0. The summed E-state index contributed by atoms with van der Waals surface area (Å²) in [4.78, 5) is 15.4. The average molecular weight is 598 g/mol. The Morgan fingerprint density at radius 2 is 1.00 bits per heavy atom. The van der Waals surface area contributed by atoms with Crippen molar-refractivity contribution >= 4 is 10.8 Å². The SMILES string of the molecule is c1ccc(-c2cc(-c3ccccc3)nc(-c3ccc4c(c3)-c3ccccc3C43c4ccccc4-c4ncc5ccccc5c43)n2)cc1. The molecule has 0 amide bonds. The monoisotopic (exact) mass is 597 g/mol. The molecule has 2 heterocycles. The molecule has 1 spiro atoms. The molecule has 3 nitrogen and oxygen atoms in total. The zero-order valence-corrected chi connectivity index (χ0v) is 25.4. The normalized spacial score (nSPS) is 15.3. The van der Waals surface area contributed by atoms with Crippen LogP contribution in [0.15, 0.2) is 164 Å². The van der Waals surface area contributed by atoms with Gasteiger partial charge in [-0.2, -0.15) is 0 Å². The Hall–Kier alpha value is -6.19. The third kappa shape index (κ3) is 3.65. The highest BCUT2D eigenvalue weighted by Crippen LogP contribution is 2.63. The van der Waals surface area contributed by atoms with Crippen molar-refractivity contribution in [2.75, 3.05) is 0 Å². The van der Waals surface area contributed by atoms with Crippen LogP contribution in [0.25, 0.3) is 67.1 Å². The first-order chi connectivity index (χ1) is 23.3. The molecular formula is C44H27N3. The fourth-order valence-electron chi connectivity index (χ4n) is 7.97. The van der Waals surface area contributed by atoms with Crippen molar-refractivity contribution in [1.82, 2.24) is 15.0 Å². The molecular weight excluding hydrogens is 571 g/mol. The molecule has 6 aromatic carbocycles. The van der Waals surface area contributed by atoms with Crippen molar-refractivity contribution in [3.63, 3.8) is 0 Å². The lowest BCUT2D eigenvalue weighted by atomic mass is 9.69. The largest absolute Gasteiger partial charge is 0.255 e. The summed E-state index contributed by atoms with van der Waals surface area (Å²) in [5.41, 5.74) is 14.3. The molecule has 0 saturated carbocycles. The number of hydrogen-bond acceptors (Lipinski definition) is 3.